The van der Waals surface area contributed by atoms with Gasteiger partial charge in [-0.15, -0.1) is 0 Å². The van der Waals surface area contributed by atoms with Gasteiger partial charge in [0.25, 0.3) is 0 Å². The van der Waals surface area contributed by atoms with E-state index in [0.717, 1.165) is 25.9 Å². The van der Waals surface area contributed by atoms with E-state index in [1.54, 1.807) is 0 Å². The van der Waals surface area contributed by atoms with Crippen LogP contribution in [-0.2, 0) is 12.8 Å². The van der Waals surface area contributed by atoms with Gasteiger partial charge in [0, 0.05) is 17.7 Å². The third kappa shape index (κ3) is 3.12. The first-order valence-electron chi connectivity index (χ1n) is 8.02. The highest BCUT2D eigenvalue weighted by Crippen LogP contribution is 2.26. The number of benzene rings is 2. The van der Waals surface area contributed by atoms with E-state index in [2.05, 4.69) is 68.4 Å². The van der Waals surface area contributed by atoms with Gasteiger partial charge in [-0.1, -0.05) is 42.0 Å². The molecule has 114 valence electrons. The second-order valence-corrected chi connectivity index (χ2v) is 6.35. The summed E-state index contributed by atoms with van der Waals surface area (Å²) in [7, 11) is 4.19. The third-order valence-electron chi connectivity index (χ3n) is 4.27. The number of fused-ring (bicyclic) bond motifs is 2. The Balaban J connectivity index is 2.10. The molecule has 0 saturated heterocycles. The highest BCUT2D eigenvalue weighted by atomic mass is 15.1. The highest BCUT2D eigenvalue weighted by Gasteiger charge is 2.19. The molecule has 2 nitrogen and oxygen atoms in total. The zero-order chi connectivity index (χ0) is 15.5. The number of rotatable bonds is 3. The van der Waals surface area contributed by atoms with Crippen LogP contribution >= 0.6 is 0 Å². The smallest absolute Gasteiger partial charge is 0.0725 e. The maximum atomic E-state index is 4.98. The fourth-order valence-electron chi connectivity index (χ4n) is 3.04. The molecule has 0 N–H and O–H groups in total. The van der Waals surface area contributed by atoms with Gasteiger partial charge in [-0.3, -0.25) is 4.99 Å². The summed E-state index contributed by atoms with van der Waals surface area (Å²) in [6.45, 7) is 3.98. The Morgan fingerprint density at radius 2 is 1.68 bits per heavy atom. The molecule has 2 aromatic carbocycles. The normalized spacial score (nSPS) is 15.5. The second kappa shape index (κ2) is 6.45. The van der Waals surface area contributed by atoms with Crippen molar-refractivity contribution in [1.82, 2.24) is 4.90 Å². The summed E-state index contributed by atoms with van der Waals surface area (Å²) >= 11 is 0. The van der Waals surface area contributed by atoms with Gasteiger partial charge in [-0.2, -0.15) is 0 Å². The fraction of sp³-hybridized carbons (Fsp3) is 0.350. The lowest BCUT2D eigenvalue weighted by Gasteiger charge is -2.13. The van der Waals surface area contributed by atoms with E-state index in [9.17, 15) is 0 Å². The first-order chi connectivity index (χ1) is 10.6. The number of hydrogen-bond acceptors (Lipinski definition) is 2. The van der Waals surface area contributed by atoms with Crippen LogP contribution < -0.4 is 0 Å². The minimum Gasteiger partial charge on any atom is -0.308 e. The van der Waals surface area contributed by atoms with Crippen molar-refractivity contribution in [1.29, 1.82) is 0 Å². The summed E-state index contributed by atoms with van der Waals surface area (Å²) in [6, 6.07) is 15.5. The van der Waals surface area contributed by atoms with Crippen LogP contribution in [0.5, 0.6) is 0 Å². The highest BCUT2D eigenvalue weighted by molar-refractivity contribution is 6.15. The zero-order valence-electron chi connectivity index (χ0n) is 13.8. The Bertz CT molecular complexity index is 699. The summed E-state index contributed by atoms with van der Waals surface area (Å²) < 4.78 is 0. The van der Waals surface area contributed by atoms with Gasteiger partial charge in [-0.25, -0.2) is 0 Å². The van der Waals surface area contributed by atoms with E-state index in [-0.39, 0.29) is 0 Å². The van der Waals surface area contributed by atoms with Crippen molar-refractivity contribution in [2.24, 2.45) is 4.99 Å². The molecule has 0 fully saturated rings. The molecular formula is C20H24N2. The van der Waals surface area contributed by atoms with Crippen LogP contribution in [0.15, 0.2) is 47.5 Å². The molecule has 0 amide bonds. The first-order valence-corrected chi connectivity index (χ1v) is 8.02. The van der Waals surface area contributed by atoms with Crippen LogP contribution in [0.4, 0.5) is 0 Å². The Morgan fingerprint density at radius 3 is 2.45 bits per heavy atom. The summed E-state index contributed by atoms with van der Waals surface area (Å²) in [5.74, 6) is 0. The minimum absolute atomic E-state index is 0.837. The van der Waals surface area contributed by atoms with Crippen LogP contribution in [0.3, 0.4) is 0 Å². The van der Waals surface area contributed by atoms with Crippen LogP contribution in [-0.4, -0.2) is 37.8 Å². The van der Waals surface area contributed by atoms with Crippen LogP contribution in [0.25, 0.3) is 0 Å². The summed E-state index contributed by atoms with van der Waals surface area (Å²) in [4.78, 5) is 7.17. The topological polar surface area (TPSA) is 15.6 Å². The summed E-state index contributed by atoms with van der Waals surface area (Å²) in [6.07, 6.45) is 2.19. The van der Waals surface area contributed by atoms with Gasteiger partial charge < -0.3 is 4.90 Å². The molecule has 1 aliphatic rings. The van der Waals surface area contributed by atoms with Crippen LogP contribution in [0.2, 0.25) is 0 Å². The van der Waals surface area contributed by atoms with Crippen LogP contribution in [0, 0.1) is 6.92 Å². The molecule has 1 aliphatic carbocycles. The number of nitrogens with zero attached hydrogens (tertiary/aromatic N) is 2. The van der Waals surface area contributed by atoms with Gasteiger partial charge in [0.15, 0.2) is 0 Å². The lowest BCUT2D eigenvalue weighted by Crippen LogP contribution is -2.17. The number of aryl methyl sites for hydroxylation is 3. The largest absolute Gasteiger partial charge is 0.308 e. The van der Waals surface area contributed by atoms with Gasteiger partial charge in [0.05, 0.1) is 12.3 Å². The molecule has 2 aromatic rings. The molecule has 0 aliphatic heterocycles. The van der Waals surface area contributed by atoms with E-state index in [4.69, 9.17) is 4.99 Å². The summed E-state index contributed by atoms with van der Waals surface area (Å²) in [5, 5.41) is 0. The Hall–Kier alpha value is -1.93. The van der Waals surface area contributed by atoms with E-state index < -0.39 is 0 Å². The Labute approximate surface area is 133 Å². The monoisotopic (exact) mass is 292 g/mol. The maximum Gasteiger partial charge on any atom is 0.0725 e. The molecule has 0 aromatic heterocycles. The SMILES string of the molecule is Cc1ccc2c(c1)/C(=N\CCN(C)C)c1ccccc1CC2. The third-order valence-corrected chi connectivity index (χ3v) is 4.27. The van der Waals surface area contributed by atoms with Crippen molar-refractivity contribution in [2.45, 2.75) is 19.8 Å². The molecule has 0 bridgehead atoms. The van der Waals surface area contributed by atoms with E-state index in [0.29, 0.717) is 0 Å². The van der Waals surface area contributed by atoms with Gasteiger partial charge in [-0.05, 0) is 51.1 Å². The molecule has 2 heteroatoms. The van der Waals surface area contributed by atoms with Crippen molar-refractivity contribution in [3.8, 4) is 0 Å². The van der Waals surface area contributed by atoms with E-state index in [1.807, 2.05) is 0 Å². The summed E-state index contributed by atoms with van der Waals surface area (Å²) in [5.41, 5.74) is 7.95. The lowest BCUT2D eigenvalue weighted by molar-refractivity contribution is 0.420. The lowest BCUT2D eigenvalue weighted by atomic mass is 9.96. The molecular weight excluding hydrogens is 268 g/mol. The molecule has 0 atom stereocenters. The van der Waals surface area contributed by atoms with Crippen molar-refractivity contribution in [3.63, 3.8) is 0 Å². The van der Waals surface area contributed by atoms with Crippen molar-refractivity contribution in [2.75, 3.05) is 27.2 Å². The van der Waals surface area contributed by atoms with Gasteiger partial charge in [0.2, 0.25) is 0 Å². The Kier molecular flexibility index (Phi) is 4.39. The molecule has 3 rings (SSSR count). The Morgan fingerprint density at radius 1 is 0.955 bits per heavy atom. The fourth-order valence-corrected chi connectivity index (χ4v) is 3.04. The standard InChI is InChI=1S/C20H24N2/c1-15-8-9-17-11-10-16-6-4-5-7-18(16)20(19(17)14-15)21-12-13-22(2)3/h4-9,14H,10-13H2,1-3H3/b21-20-. The molecule has 22 heavy (non-hydrogen) atoms. The van der Waals surface area contributed by atoms with E-state index >= 15 is 0 Å². The quantitative estimate of drug-likeness (QED) is 0.845. The first kappa shape index (κ1) is 15.0. The molecule has 0 radical (unpaired) electrons. The van der Waals surface area contributed by atoms with Crippen molar-refractivity contribution < 1.29 is 0 Å². The number of likely N-dealkylation sites (N-methyl/N-ethyl adjacent to an activating group) is 1. The van der Waals surface area contributed by atoms with Gasteiger partial charge >= 0.3 is 0 Å². The zero-order valence-corrected chi connectivity index (χ0v) is 13.8. The number of aliphatic imine (C=N–C) groups is 1. The minimum atomic E-state index is 0.837. The van der Waals surface area contributed by atoms with Crippen molar-refractivity contribution >= 4 is 5.71 Å². The molecule has 0 spiro atoms. The predicted molar refractivity (Wildman–Crippen MR) is 94.1 cm³/mol. The van der Waals surface area contributed by atoms with Crippen molar-refractivity contribution in [3.05, 3.63) is 70.3 Å². The molecule has 0 saturated carbocycles. The van der Waals surface area contributed by atoms with Gasteiger partial charge in [0.1, 0.15) is 0 Å². The van der Waals surface area contributed by atoms with Crippen LogP contribution in [0.1, 0.15) is 27.8 Å². The average Bonchev–Trinajstić information content (AvgIpc) is 2.65. The average molecular weight is 292 g/mol. The molecule has 0 unspecified atom stereocenters. The number of hydrogen-bond donors (Lipinski definition) is 0. The predicted octanol–water partition coefficient (Wildman–Crippen LogP) is 3.49. The second-order valence-electron chi connectivity index (χ2n) is 6.35. The molecule has 0 heterocycles. The maximum absolute atomic E-state index is 4.98. The van der Waals surface area contributed by atoms with E-state index in [1.165, 1.54) is 33.5 Å².